The number of hydrogen-bond donors (Lipinski definition) is 2. The number of hydrogen-bond acceptors (Lipinski definition) is 3. The van der Waals surface area contributed by atoms with E-state index < -0.39 is 0 Å². The summed E-state index contributed by atoms with van der Waals surface area (Å²) in [6, 6.07) is 14.1. The molecule has 1 aliphatic rings. The summed E-state index contributed by atoms with van der Waals surface area (Å²) in [7, 11) is 0. The molecule has 26 heavy (non-hydrogen) atoms. The normalized spacial score (nSPS) is 13.1. The Hall–Kier alpha value is -2.47. The molecule has 0 unspecified atom stereocenters. The van der Waals surface area contributed by atoms with Gasteiger partial charge in [-0.1, -0.05) is 28.1 Å². The molecule has 2 N–H and O–H groups in total. The first-order valence-corrected chi connectivity index (χ1v) is 9.30. The van der Waals surface area contributed by atoms with Crippen LogP contribution in [0, 0.1) is 0 Å². The molecule has 0 aromatic heterocycles. The van der Waals surface area contributed by atoms with E-state index in [0.29, 0.717) is 22.9 Å². The third kappa shape index (κ3) is 5.26. The summed E-state index contributed by atoms with van der Waals surface area (Å²) in [5.74, 6) is -0.393. The lowest BCUT2D eigenvalue weighted by Gasteiger charge is -2.07. The van der Waals surface area contributed by atoms with E-state index in [0.717, 1.165) is 17.3 Å². The molecule has 134 valence electrons. The number of Topliss-reactive ketones (excluding diaryl/α,β-unsaturated/α-hetero) is 1. The summed E-state index contributed by atoms with van der Waals surface area (Å²) in [4.78, 5) is 36.0. The molecule has 0 spiro atoms. The summed E-state index contributed by atoms with van der Waals surface area (Å²) in [5.41, 5.74) is 1.77. The minimum absolute atomic E-state index is 0.0697. The van der Waals surface area contributed by atoms with Crippen molar-refractivity contribution in [3.8, 4) is 0 Å². The Bertz CT molecular complexity index is 812. The van der Waals surface area contributed by atoms with Crippen LogP contribution in [0.3, 0.4) is 0 Å². The fourth-order valence-corrected chi connectivity index (χ4v) is 2.70. The molecule has 1 aliphatic carbocycles. The van der Waals surface area contributed by atoms with E-state index in [-0.39, 0.29) is 30.4 Å². The smallest absolute Gasteiger partial charge is 0.251 e. The Labute approximate surface area is 160 Å². The standard InChI is InChI=1S/C20H19BrN2O3/c21-15-5-1-13(2-6-15)18(24)11-12-19(25)22-16-7-3-14(4-8-16)20(26)23-17-9-10-17/h1-8,17H,9-12H2,(H,22,25)(H,23,26). The van der Waals surface area contributed by atoms with Crippen molar-refractivity contribution in [2.75, 3.05) is 5.32 Å². The van der Waals surface area contributed by atoms with Crippen molar-refractivity contribution >= 4 is 39.2 Å². The molecule has 0 atom stereocenters. The Kier molecular flexibility index (Phi) is 5.83. The van der Waals surface area contributed by atoms with Crippen molar-refractivity contribution in [1.82, 2.24) is 5.32 Å². The molecule has 0 saturated heterocycles. The number of nitrogens with one attached hydrogen (secondary N) is 2. The maximum absolute atomic E-state index is 12.1. The van der Waals surface area contributed by atoms with E-state index in [1.54, 1.807) is 48.5 Å². The molecule has 0 aliphatic heterocycles. The van der Waals surface area contributed by atoms with Crippen LogP contribution in [-0.4, -0.2) is 23.6 Å². The van der Waals surface area contributed by atoms with Crippen LogP contribution in [0.1, 0.15) is 46.4 Å². The second-order valence-electron chi connectivity index (χ2n) is 6.30. The SMILES string of the molecule is O=C(CCC(=O)c1ccc(Br)cc1)Nc1ccc(C(=O)NC2CC2)cc1. The highest BCUT2D eigenvalue weighted by atomic mass is 79.9. The third-order valence-electron chi connectivity index (χ3n) is 4.09. The molecule has 0 heterocycles. The van der Waals surface area contributed by atoms with Crippen LogP contribution in [0.25, 0.3) is 0 Å². The number of amides is 2. The van der Waals surface area contributed by atoms with Gasteiger partial charge in [-0.3, -0.25) is 14.4 Å². The zero-order valence-corrected chi connectivity index (χ0v) is 15.7. The molecule has 5 nitrogen and oxygen atoms in total. The quantitative estimate of drug-likeness (QED) is 0.673. The van der Waals surface area contributed by atoms with Gasteiger partial charge < -0.3 is 10.6 Å². The monoisotopic (exact) mass is 414 g/mol. The minimum atomic E-state index is -0.231. The van der Waals surface area contributed by atoms with Crippen LogP contribution < -0.4 is 10.6 Å². The van der Waals surface area contributed by atoms with Crippen LogP contribution in [0.5, 0.6) is 0 Å². The van der Waals surface area contributed by atoms with E-state index in [1.165, 1.54) is 0 Å². The van der Waals surface area contributed by atoms with Gasteiger partial charge in [-0.2, -0.15) is 0 Å². The van der Waals surface area contributed by atoms with E-state index in [9.17, 15) is 14.4 Å². The van der Waals surface area contributed by atoms with Crippen molar-refractivity contribution < 1.29 is 14.4 Å². The largest absolute Gasteiger partial charge is 0.349 e. The molecule has 3 rings (SSSR count). The van der Waals surface area contributed by atoms with E-state index in [2.05, 4.69) is 26.6 Å². The predicted octanol–water partition coefficient (Wildman–Crippen LogP) is 3.94. The number of halogens is 1. The number of anilines is 1. The van der Waals surface area contributed by atoms with Crippen molar-refractivity contribution in [3.63, 3.8) is 0 Å². The lowest BCUT2D eigenvalue weighted by atomic mass is 10.1. The van der Waals surface area contributed by atoms with Gasteiger partial charge in [0.2, 0.25) is 5.91 Å². The molecule has 2 amide bonds. The molecule has 1 saturated carbocycles. The summed E-state index contributed by atoms with van der Waals surface area (Å²) >= 11 is 3.32. The molecule has 6 heteroatoms. The second-order valence-corrected chi connectivity index (χ2v) is 7.22. The number of carbonyl (C=O) groups excluding carboxylic acids is 3. The highest BCUT2D eigenvalue weighted by Crippen LogP contribution is 2.20. The molecule has 0 bridgehead atoms. The Morgan fingerprint density at radius 1 is 0.885 bits per heavy atom. The van der Waals surface area contributed by atoms with Crippen LogP contribution >= 0.6 is 15.9 Å². The summed E-state index contributed by atoms with van der Waals surface area (Å²) in [6.45, 7) is 0. The second kappa shape index (κ2) is 8.27. The first-order valence-electron chi connectivity index (χ1n) is 8.51. The first-order chi connectivity index (χ1) is 12.5. The lowest BCUT2D eigenvalue weighted by molar-refractivity contribution is -0.116. The Morgan fingerprint density at radius 3 is 2.12 bits per heavy atom. The van der Waals surface area contributed by atoms with Crippen molar-refractivity contribution in [1.29, 1.82) is 0 Å². The predicted molar refractivity (Wildman–Crippen MR) is 103 cm³/mol. The van der Waals surface area contributed by atoms with Crippen molar-refractivity contribution in [2.24, 2.45) is 0 Å². The number of rotatable bonds is 7. The minimum Gasteiger partial charge on any atom is -0.349 e. The first kappa shape index (κ1) is 18.3. The average Bonchev–Trinajstić information content (AvgIpc) is 3.45. The van der Waals surface area contributed by atoms with Gasteiger partial charge in [0, 0.05) is 40.2 Å². The fourth-order valence-electron chi connectivity index (χ4n) is 2.43. The van der Waals surface area contributed by atoms with E-state index >= 15 is 0 Å². The number of ketones is 1. The van der Waals surface area contributed by atoms with Crippen molar-refractivity contribution in [3.05, 3.63) is 64.1 Å². The number of carbonyl (C=O) groups is 3. The summed E-state index contributed by atoms with van der Waals surface area (Å²) in [5, 5.41) is 5.66. The van der Waals surface area contributed by atoms with Gasteiger partial charge in [-0.15, -0.1) is 0 Å². The van der Waals surface area contributed by atoms with Crippen molar-refractivity contribution in [2.45, 2.75) is 31.7 Å². The molecular formula is C20H19BrN2O3. The highest BCUT2D eigenvalue weighted by Gasteiger charge is 2.23. The topological polar surface area (TPSA) is 75.3 Å². The lowest BCUT2D eigenvalue weighted by Crippen LogP contribution is -2.25. The molecule has 0 radical (unpaired) electrons. The van der Waals surface area contributed by atoms with Gasteiger partial charge >= 0.3 is 0 Å². The van der Waals surface area contributed by atoms with Gasteiger partial charge in [-0.05, 0) is 49.2 Å². The zero-order chi connectivity index (χ0) is 18.5. The fraction of sp³-hybridized carbons (Fsp3) is 0.250. The zero-order valence-electron chi connectivity index (χ0n) is 14.1. The Morgan fingerprint density at radius 2 is 1.50 bits per heavy atom. The molecule has 1 fully saturated rings. The van der Waals surface area contributed by atoms with Gasteiger partial charge in [0.15, 0.2) is 5.78 Å². The molecule has 2 aromatic carbocycles. The molecular weight excluding hydrogens is 396 g/mol. The van der Waals surface area contributed by atoms with Crippen LogP contribution in [0.15, 0.2) is 53.0 Å². The van der Waals surface area contributed by atoms with E-state index in [4.69, 9.17) is 0 Å². The van der Waals surface area contributed by atoms with E-state index in [1.807, 2.05) is 0 Å². The summed E-state index contributed by atoms with van der Waals surface area (Å²) in [6.07, 6.45) is 2.34. The van der Waals surface area contributed by atoms with Gasteiger partial charge in [-0.25, -0.2) is 0 Å². The summed E-state index contributed by atoms with van der Waals surface area (Å²) < 4.78 is 0.904. The van der Waals surface area contributed by atoms with Crippen LogP contribution in [-0.2, 0) is 4.79 Å². The van der Waals surface area contributed by atoms with Gasteiger partial charge in [0.05, 0.1) is 0 Å². The number of benzene rings is 2. The molecule has 2 aromatic rings. The van der Waals surface area contributed by atoms with Crippen LogP contribution in [0.4, 0.5) is 5.69 Å². The van der Waals surface area contributed by atoms with Gasteiger partial charge in [0.1, 0.15) is 0 Å². The maximum Gasteiger partial charge on any atom is 0.251 e. The third-order valence-corrected chi connectivity index (χ3v) is 4.62. The van der Waals surface area contributed by atoms with Crippen LogP contribution in [0.2, 0.25) is 0 Å². The highest BCUT2D eigenvalue weighted by molar-refractivity contribution is 9.10. The maximum atomic E-state index is 12.1. The average molecular weight is 415 g/mol. The Balaban J connectivity index is 1.47. The van der Waals surface area contributed by atoms with Gasteiger partial charge in [0.25, 0.3) is 5.91 Å².